The van der Waals surface area contributed by atoms with E-state index in [0.29, 0.717) is 28.0 Å². The molecule has 3 aromatic carbocycles. The van der Waals surface area contributed by atoms with Crippen LogP contribution < -0.4 is 10.6 Å². The van der Waals surface area contributed by atoms with E-state index in [-0.39, 0.29) is 18.1 Å². The molecule has 7 nitrogen and oxygen atoms in total. The van der Waals surface area contributed by atoms with Gasteiger partial charge in [0.1, 0.15) is 0 Å². The largest absolute Gasteiger partial charge is 0.416 e. The Morgan fingerprint density at radius 3 is 2.51 bits per heavy atom. The number of fused-ring (bicyclic) bond motifs is 1. The molecule has 0 aliphatic carbocycles. The number of aromatic nitrogens is 2. The fourth-order valence-corrected chi connectivity index (χ4v) is 3.50. The van der Waals surface area contributed by atoms with Crippen LogP contribution in [0.3, 0.4) is 0 Å². The fraction of sp³-hybridized carbons (Fsp3) is 0.0800. The van der Waals surface area contributed by atoms with Gasteiger partial charge in [-0.25, -0.2) is 4.98 Å². The average Bonchev–Trinajstić information content (AvgIpc) is 3.20. The van der Waals surface area contributed by atoms with Crippen molar-refractivity contribution in [3.8, 4) is 5.69 Å². The summed E-state index contributed by atoms with van der Waals surface area (Å²) in [6, 6.07) is 15.8. The van der Waals surface area contributed by atoms with Gasteiger partial charge in [-0.1, -0.05) is 24.8 Å². The molecule has 0 aliphatic rings. The van der Waals surface area contributed by atoms with Crippen LogP contribution in [0.1, 0.15) is 21.5 Å². The van der Waals surface area contributed by atoms with Crippen molar-refractivity contribution in [2.45, 2.75) is 12.8 Å². The van der Waals surface area contributed by atoms with E-state index in [1.165, 1.54) is 6.07 Å². The van der Waals surface area contributed by atoms with Gasteiger partial charge in [-0.15, -0.1) is 0 Å². The second-order valence-electron chi connectivity index (χ2n) is 7.53. The molecule has 0 saturated heterocycles. The van der Waals surface area contributed by atoms with Crippen LogP contribution >= 0.6 is 0 Å². The molecule has 1 heterocycles. The lowest BCUT2D eigenvalue weighted by atomic mass is 10.1. The summed E-state index contributed by atoms with van der Waals surface area (Å²) in [5, 5.41) is 14.7. The molecule has 4 aromatic rings. The first kappa shape index (κ1) is 23.7. The Hall–Kier alpha value is -4.44. The number of nitrogens with one attached hydrogen (secondary N) is 2. The Balaban J connectivity index is 1.79. The van der Waals surface area contributed by atoms with E-state index < -0.39 is 23.6 Å². The van der Waals surface area contributed by atoms with Crippen molar-refractivity contribution in [1.29, 1.82) is 0 Å². The third-order valence-electron chi connectivity index (χ3n) is 5.14. The second kappa shape index (κ2) is 9.43. The van der Waals surface area contributed by atoms with Crippen LogP contribution in [0.5, 0.6) is 0 Å². The van der Waals surface area contributed by atoms with Crippen molar-refractivity contribution in [3.63, 3.8) is 0 Å². The third kappa shape index (κ3) is 5.07. The second-order valence-corrected chi connectivity index (χ2v) is 7.53. The average molecular weight is 480 g/mol. The maximum atomic E-state index is 13.1. The summed E-state index contributed by atoms with van der Waals surface area (Å²) in [5.41, 5.74) is 1.43. The summed E-state index contributed by atoms with van der Waals surface area (Å²) in [7, 11) is 0. The van der Waals surface area contributed by atoms with Gasteiger partial charge < -0.3 is 10.4 Å². The Bertz CT molecular complexity index is 1440. The zero-order valence-corrected chi connectivity index (χ0v) is 18.1. The summed E-state index contributed by atoms with van der Waals surface area (Å²) < 4.78 is 40.9. The van der Waals surface area contributed by atoms with Gasteiger partial charge in [-0.2, -0.15) is 13.2 Å². The van der Waals surface area contributed by atoms with Crippen LogP contribution in [0.15, 0.2) is 79.4 Å². The summed E-state index contributed by atoms with van der Waals surface area (Å²) in [6.07, 6.45) is -3.48. The molecule has 0 aliphatic heterocycles. The molecule has 0 radical (unpaired) electrons. The fourth-order valence-electron chi connectivity index (χ4n) is 3.50. The molecule has 0 fully saturated rings. The number of rotatable bonds is 6. The summed E-state index contributed by atoms with van der Waals surface area (Å²) in [6.45, 7) is 3.19. The Morgan fingerprint density at radius 1 is 1.03 bits per heavy atom. The van der Waals surface area contributed by atoms with Gasteiger partial charge in [0.2, 0.25) is 11.9 Å². The van der Waals surface area contributed by atoms with Gasteiger partial charge in [0, 0.05) is 11.3 Å². The molecule has 35 heavy (non-hydrogen) atoms. The lowest BCUT2D eigenvalue weighted by Crippen LogP contribution is -2.17. The summed E-state index contributed by atoms with van der Waals surface area (Å²) in [4.78, 5) is 29.0. The predicted octanol–water partition coefficient (Wildman–Crippen LogP) is 4.91. The lowest BCUT2D eigenvalue weighted by Gasteiger charge is -2.13. The van der Waals surface area contributed by atoms with E-state index in [4.69, 9.17) is 0 Å². The van der Waals surface area contributed by atoms with Crippen LogP contribution in [0, 0.1) is 0 Å². The van der Waals surface area contributed by atoms with Crippen molar-refractivity contribution in [1.82, 2.24) is 9.55 Å². The molecule has 4 rings (SSSR count). The molecule has 0 saturated carbocycles. The van der Waals surface area contributed by atoms with Crippen molar-refractivity contribution in [2.24, 2.45) is 0 Å². The summed E-state index contributed by atoms with van der Waals surface area (Å²) >= 11 is 0. The molecule has 178 valence electrons. The third-order valence-corrected chi connectivity index (χ3v) is 5.14. The molecular weight excluding hydrogens is 461 g/mol. The highest BCUT2D eigenvalue weighted by Crippen LogP contribution is 2.31. The predicted molar refractivity (Wildman–Crippen MR) is 125 cm³/mol. The van der Waals surface area contributed by atoms with Crippen molar-refractivity contribution < 1.29 is 27.9 Å². The van der Waals surface area contributed by atoms with E-state index >= 15 is 0 Å². The molecule has 1 aromatic heterocycles. The molecule has 0 bridgehead atoms. The highest BCUT2D eigenvalue weighted by Gasteiger charge is 2.31. The quantitative estimate of drug-likeness (QED) is 0.342. The number of hydrogen-bond acceptors (Lipinski definition) is 4. The highest BCUT2D eigenvalue weighted by molar-refractivity contribution is 6.04. The molecule has 10 heteroatoms. The van der Waals surface area contributed by atoms with Gasteiger partial charge >= 0.3 is 6.18 Å². The number of nitrogens with zero attached hydrogens (tertiary/aromatic N) is 2. The first-order valence-corrected chi connectivity index (χ1v) is 10.3. The molecule has 0 spiro atoms. The Morgan fingerprint density at radius 2 is 1.80 bits per heavy atom. The number of hydrogen-bond donors (Lipinski definition) is 3. The smallest absolute Gasteiger partial charge is 0.392 e. The first-order valence-electron chi connectivity index (χ1n) is 10.3. The van der Waals surface area contributed by atoms with Crippen LogP contribution in [0.25, 0.3) is 16.7 Å². The molecule has 0 atom stereocenters. The van der Waals surface area contributed by atoms with Gasteiger partial charge in [0.25, 0.3) is 5.91 Å². The minimum atomic E-state index is -4.60. The Kier molecular flexibility index (Phi) is 6.39. The van der Waals surface area contributed by atoms with Crippen LogP contribution in [-0.4, -0.2) is 26.5 Å². The molecule has 2 amide bonds. The van der Waals surface area contributed by atoms with Crippen molar-refractivity contribution >= 4 is 34.5 Å². The van der Waals surface area contributed by atoms with Gasteiger partial charge in [-0.3, -0.25) is 19.5 Å². The molecule has 0 unspecified atom stereocenters. The zero-order valence-electron chi connectivity index (χ0n) is 18.1. The van der Waals surface area contributed by atoms with Gasteiger partial charge in [0.15, 0.2) is 0 Å². The van der Waals surface area contributed by atoms with Crippen molar-refractivity contribution in [3.05, 3.63) is 96.1 Å². The monoisotopic (exact) mass is 480 g/mol. The normalized spacial score (nSPS) is 11.3. The van der Waals surface area contributed by atoms with E-state index in [1.54, 1.807) is 47.0 Å². The number of halogens is 3. The first-order chi connectivity index (χ1) is 16.7. The van der Waals surface area contributed by atoms with Crippen LogP contribution in [0.2, 0.25) is 0 Å². The van der Waals surface area contributed by atoms with E-state index in [1.807, 2.05) is 0 Å². The number of carbonyl (C=O) groups excluding carboxylic acids is 2. The van der Waals surface area contributed by atoms with E-state index in [0.717, 1.165) is 24.3 Å². The van der Waals surface area contributed by atoms with Gasteiger partial charge in [0.05, 0.1) is 28.9 Å². The number of amides is 2. The summed E-state index contributed by atoms with van der Waals surface area (Å²) in [5.74, 6) is -1.15. The number of imidazole rings is 1. The topological polar surface area (TPSA) is 96.3 Å². The highest BCUT2D eigenvalue weighted by atomic mass is 19.4. The standard InChI is InChI=1S/C25H19F3N4O3/c1-2-22(34)29-18-7-4-8-19(13-18)32-21-10-9-15(14-33)11-20(21)30-24(32)31-23(35)16-5-3-6-17(12-16)25(26,27)28/h2-13,33H,1,14H2,(H,29,34)(H,30,31,35). The molecule has 3 N–H and O–H groups in total. The minimum absolute atomic E-state index is 0.0460. The van der Waals surface area contributed by atoms with Gasteiger partial charge in [-0.05, 0) is 60.2 Å². The maximum Gasteiger partial charge on any atom is 0.416 e. The lowest BCUT2D eigenvalue weighted by molar-refractivity contribution is -0.137. The van der Waals surface area contributed by atoms with Crippen LogP contribution in [0.4, 0.5) is 24.8 Å². The van der Waals surface area contributed by atoms with Crippen molar-refractivity contribution in [2.75, 3.05) is 10.6 Å². The number of carbonyl (C=O) groups is 2. The van der Waals surface area contributed by atoms with E-state index in [2.05, 4.69) is 22.2 Å². The van der Waals surface area contributed by atoms with Crippen LogP contribution in [-0.2, 0) is 17.6 Å². The minimum Gasteiger partial charge on any atom is -0.392 e. The van der Waals surface area contributed by atoms with E-state index in [9.17, 15) is 27.9 Å². The number of alkyl halides is 3. The number of benzene rings is 3. The number of aliphatic hydroxyl groups excluding tert-OH is 1. The maximum absolute atomic E-state index is 13.1. The Labute approximate surface area is 197 Å². The molecular formula is C25H19F3N4O3. The SMILES string of the molecule is C=CC(=O)Nc1cccc(-n2c(NC(=O)c3cccc(C(F)(F)F)c3)nc3cc(CO)ccc32)c1. The number of aliphatic hydroxyl groups is 1. The zero-order chi connectivity index (χ0) is 25.2. The number of anilines is 2.